The lowest BCUT2D eigenvalue weighted by Gasteiger charge is -2.36. The van der Waals surface area contributed by atoms with E-state index in [9.17, 15) is 4.79 Å². The third kappa shape index (κ3) is 3.34. The van der Waals surface area contributed by atoms with Gasteiger partial charge in [-0.3, -0.25) is 15.6 Å². The van der Waals surface area contributed by atoms with Crippen LogP contribution in [0.15, 0.2) is 42.6 Å². The third-order valence-electron chi connectivity index (χ3n) is 5.71. The fraction of sp³-hybridized carbons (Fsp3) is 0.450. The van der Waals surface area contributed by atoms with Gasteiger partial charge in [0.05, 0.1) is 7.11 Å². The molecule has 1 amide bonds. The van der Waals surface area contributed by atoms with E-state index < -0.39 is 0 Å². The molecule has 138 valence electrons. The maximum Gasteiger partial charge on any atom is 0.270 e. The summed E-state index contributed by atoms with van der Waals surface area (Å²) in [5.74, 6) is 1.98. The van der Waals surface area contributed by atoms with Gasteiger partial charge in [0.25, 0.3) is 5.91 Å². The predicted octanol–water partition coefficient (Wildman–Crippen LogP) is 2.14. The predicted molar refractivity (Wildman–Crippen MR) is 100 cm³/mol. The van der Waals surface area contributed by atoms with Crippen molar-refractivity contribution in [3.63, 3.8) is 0 Å². The Bertz CT molecular complexity index is 738. The van der Waals surface area contributed by atoms with Gasteiger partial charge in [-0.2, -0.15) is 0 Å². The monoisotopic (exact) mass is 354 g/mol. The van der Waals surface area contributed by atoms with Crippen molar-refractivity contribution in [1.82, 2.24) is 20.7 Å². The SMILES string of the molecule is COc1cccc(C2CNNC2C2CCN(C(=O)c3ccc[nH]3)CC2)c1. The maximum atomic E-state index is 12.5. The van der Waals surface area contributed by atoms with Crippen molar-refractivity contribution in [3.05, 3.63) is 53.9 Å². The smallest absolute Gasteiger partial charge is 0.270 e. The van der Waals surface area contributed by atoms with Crippen LogP contribution >= 0.6 is 0 Å². The molecule has 2 atom stereocenters. The molecule has 26 heavy (non-hydrogen) atoms. The zero-order valence-electron chi connectivity index (χ0n) is 15.1. The summed E-state index contributed by atoms with van der Waals surface area (Å²) >= 11 is 0. The van der Waals surface area contributed by atoms with E-state index in [1.54, 1.807) is 13.3 Å². The molecule has 1 aromatic heterocycles. The molecule has 2 unspecified atom stereocenters. The lowest BCUT2D eigenvalue weighted by atomic mass is 9.80. The molecule has 3 heterocycles. The molecule has 2 aliphatic rings. The molecule has 4 rings (SSSR count). The van der Waals surface area contributed by atoms with Crippen molar-refractivity contribution in [2.45, 2.75) is 24.8 Å². The minimum absolute atomic E-state index is 0.107. The van der Waals surface area contributed by atoms with Gasteiger partial charge in [-0.25, -0.2) is 0 Å². The molecule has 6 nitrogen and oxygen atoms in total. The van der Waals surface area contributed by atoms with Crippen LogP contribution in [0, 0.1) is 5.92 Å². The first kappa shape index (κ1) is 17.1. The Kier molecular flexibility index (Phi) is 4.95. The van der Waals surface area contributed by atoms with Crippen molar-refractivity contribution >= 4 is 5.91 Å². The molecule has 0 bridgehead atoms. The van der Waals surface area contributed by atoms with E-state index in [0.717, 1.165) is 38.2 Å². The largest absolute Gasteiger partial charge is 0.497 e. The van der Waals surface area contributed by atoms with Crippen LogP contribution in [0.2, 0.25) is 0 Å². The number of rotatable bonds is 4. The van der Waals surface area contributed by atoms with Gasteiger partial charge in [-0.05, 0) is 48.6 Å². The van der Waals surface area contributed by atoms with Crippen LogP contribution < -0.4 is 15.6 Å². The molecule has 0 spiro atoms. The van der Waals surface area contributed by atoms with E-state index in [2.05, 4.69) is 34.0 Å². The number of benzene rings is 1. The lowest BCUT2D eigenvalue weighted by molar-refractivity contribution is 0.0665. The Morgan fingerprint density at radius 1 is 1.19 bits per heavy atom. The molecule has 2 aromatic rings. The Labute approximate surface area is 153 Å². The number of methoxy groups -OCH3 is 1. The first-order chi connectivity index (χ1) is 12.8. The number of nitrogens with one attached hydrogen (secondary N) is 3. The summed E-state index contributed by atoms with van der Waals surface area (Å²) in [6.45, 7) is 2.54. The highest BCUT2D eigenvalue weighted by molar-refractivity contribution is 5.92. The number of H-pyrrole nitrogens is 1. The Hall–Kier alpha value is -2.31. The molecular weight excluding hydrogens is 328 g/mol. The van der Waals surface area contributed by atoms with E-state index in [0.29, 0.717) is 23.6 Å². The number of hydrogen-bond acceptors (Lipinski definition) is 4. The second-order valence-corrected chi connectivity index (χ2v) is 7.15. The number of nitrogens with zero attached hydrogens (tertiary/aromatic N) is 1. The second kappa shape index (κ2) is 7.51. The molecule has 2 aliphatic heterocycles. The number of aromatic amines is 1. The number of likely N-dealkylation sites (tertiary alicyclic amines) is 1. The Balaban J connectivity index is 1.41. The van der Waals surface area contributed by atoms with Crippen LogP contribution in [-0.4, -0.2) is 48.6 Å². The van der Waals surface area contributed by atoms with E-state index >= 15 is 0 Å². The van der Waals surface area contributed by atoms with Crippen molar-refractivity contribution in [2.24, 2.45) is 5.92 Å². The van der Waals surface area contributed by atoms with E-state index in [4.69, 9.17) is 4.74 Å². The number of hydrazine groups is 1. The van der Waals surface area contributed by atoms with Crippen LogP contribution in [0.25, 0.3) is 0 Å². The van der Waals surface area contributed by atoms with Gasteiger partial charge >= 0.3 is 0 Å². The molecule has 1 aromatic carbocycles. The van der Waals surface area contributed by atoms with Gasteiger partial charge in [0.2, 0.25) is 0 Å². The van der Waals surface area contributed by atoms with Crippen LogP contribution in [0.3, 0.4) is 0 Å². The van der Waals surface area contributed by atoms with E-state index in [1.165, 1.54) is 5.56 Å². The minimum Gasteiger partial charge on any atom is -0.497 e. The molecule has 2 fully saturated rings. The fourth-order valence-electron chi connectivity index (χ4n) is 4.25. The fourth-order valence-corrected chi connectivity index (χ4v) is 4.25. The van der Waals surface area contributed by atoms with Crippen molar-refractivity contribution in [3.8, 4) is 5.75 Å². The maximum absolute atomic E-state index is 12.5. The molecule has 2 saturated heterocycles. The number of piperidine rings is 1. The highest BCUT2D eigenvalue weighted by Gasteiger charge is 2.37. The van der Waals surface area contributed by atoms with E-state index in [1.807, 2.05) is 23.1 Å². The summed E-state index contributed by atoms with van der Waals surface area (Å²) in [5, 5.41) is 0. The van der Waals surface area contributed by atoms with Gasteiger partial charge in [0, 0.05) is 37.8 Å². The van der Waals surface area contributed by atoms with Gasteiger partial charge in [0.1, 0.15) is 11.4 Å². The highest BCUT2D eigenvalue weighted by Crippen LogP contribution is 2.33. The topological polar surface area (TPSA) is 69.4 Å². The summed E-state index contributed by atoms with van der Waals surface area (Å²) in [4.78, 5) is 17.5. The quantitative estimate of drug-likeness (QED) is 0.787. The summed E-state index contributed by atoms with van der Waals surface area (Å²) < 4.78 is 5.38. The Morgan fingerprint density at radius 3 is 2.77 bits per heavy atom. The minimum atomic E-state index is 0.107. The first-order valence-electron chi connectivity index (χ1n) is 9.31. The number of hydrogen-bond donors (Lipinski definition) is 3. The third-order valence-corrected chi connectivity index (χ3v) is 5.71. The summed E-state index contributed by atoms with van der Waals surface area (Å²) in [6.07, 6.45) is 3.84. The van der Waals surface area contributed by atoms with Crippen LogP contribution in [0.1, 0.15) is 34.8 Å². The van der Waals surface area contributed by atoms with Gasteiger partial charge < -0.3 is 14.6 Å². The molecule has 3 N–H and O–H groups in total. The molecule has 0 saturated carbocycles. The number of ether oxygens (including phenoxy) is 1. The molecule has 6 heteroatoms. The average molecular weight is 354 g/mol. The van der Waals surface area contributed by atoms with E-state index in [-0.39, 0.29) is 5.91 Å². The second-order valence-electron chi connectivity index (χ2n) is 7.15. The summed E-state index contributed by atoms with van der Waals surface area (Å²) in [5.41, 5.74) is 8.80. The number of aromatic nitrogens is 1. The van der Waals surface area contributed by atoms with Crippen LogP contribution in [0.4, 0.5) is 0 Å². The first-order valence-corrected chi connectivity index (χ1v) is 9.31. The number of amides is 1. The molecule has 0 aliphatic carbocycles. The number of carbonyl (C=O) groups excluding carboxylic acids is 1. The Morgan fingerprint density at radius 2 is 2.04 bits per heavy atom. The summed E-state index contributed by atoms with van der Waals surface area (Å²) in [6, 6.07) is 12.4. The molecule has 0 radical (unpaired) electrons. The average Bonchev–Trinajstić information content (AvgIpc) is 3.39. The van der Waals surface area contributed by atoms with Gasteiger partial charge in [0.15, 0.2) is 0 Å². The standard InChI is InChI=1S/C20H26N4O2/c1-26-16-5-2-4-15(12-16)17-13-22-23-19(17)14-7-10-24(11-8-14)20(25)18-6-3-9-21-18/h2-6,9,12,14,17,19,21-23H,7-8,10-11,13H2,1H3. The van der Waals surface area contributed by atoms with Crippen molar-refractivity contribution in [1.29, 1.82) is 0 Å². The zero-order valence-corrected chi connectivity index (χ0v) is 15.1. The lowest BCUT2D eigenvalue weighted by Crippen LogP contribution is -2.45. The van der Waals surface area contributed by atoms with Gasteiger partial charge in [-0.1, -0.05) is 12.1 Å². The van der Waals surface area contributed by atoms with Crippen molar-refractivity contribution in [2.75, 3.05) is 26.7 Å². The van der Waals surface area contributed by atoms with Crippen molar-refractivity contribution < 1.29 is 9.53 Å². The van der Waals surface area contributed by atoms with Crippen LogP contribution in [-0.2, 0) is 0 Å². The number of carbonyl (C=O) groups is 1. The van der Waals surface area contributed by atoms with Gasteiger partial charge in [-0.15, -0.1) is 0 Å². The normalized spacial score (nSPS) is 24.0. The zero-order chi connectivity index (χ0) is 17.9. The summed E-state index contributed by atoms with van der Waals surface area (Å²) in [7, 11) is 1.71. The highest BCUT2D eigenvalue weighted by atomic mass is 16.5. The van der Waals surface area contributed by atoms with Crippen LogP contribution in [0.5, 0.6) is 5.75 Å². The molecular formula is C20H26N4O2.